The lowest BCUT2D eigenvalue weighted by Crippen LogP contribution is -2.19. The van der Waals surface area contributed by atoms with E-state index in [-0.39, 0.29) is 6.10 Å². The van der Waals surface area contributed by atoms with Crippen molar-refractivity contribution in [3.63, 3.8) is 0 Å². The molecule has 0 spiro atoms. The van der Waals surface area contributed by atoms with Gasteiger partial charge >= 0.3 is 0 Å². The third kappa shape index (κ3) is 8.52. The van der Waals surface area contributed by atoms with Crippen LogP contribution >= 0.6 is 0 Å². The van der Waals surface area contributed by atoms with Gasteiger partial charge in [-0.2, -0.15) is 0 Å². The van der Waals surface area contributed by atoms with Gasteiger partial charge in [-0.1, -0.05) is 33.6 Å². The van der Waals surface area contributed by atoms with Crippen molar-refractivity contribution in [3.8, 4) is 0 Å². The van der Waals surface area contributed by atoms with E-state index in [0.29, 0.717) is 5.92 Å². The highest BCUT2D eigenvalue weighted by Gasteiger charge is 2.04. The molecule has 2 nitrogen and oxygen atoms in total. The van der Waals surface area contributed by atoms with E-state index in [1.54, 1.807) is 0 Å². The molecule has 0 bridgehead atoms. The van der Waals surface area contributed by atoms with Crippen molar-refractivity contribution >= 4 is 0 Å². The predicted molar refractivity (Wildman–Crippen MR) is 60.6 cm³/mol. The molecule has 0 aromatic heterocycles. The summed E-state index contributed by atoms with van der Waals surface area (Å²) in [5.41, 5.74) is 0. The van der Waals surface area contributed by atoms with Gasteiger partial charge in [0.15, 0.2) is 0 Å². The fraction of sp³-hybridized carbons (Fsp3) is 1.00. The van der Waals surface area contributed by atoms with Crippen LogP contribution in [0.3, 0.4) is 0 Å². The highest BCUT2D eigenvalue weighted by Crippen LogP contribution is 2.03. The average Bonchev–Trinajstić information content (AvgIpc) is 2.21. The number of hydrogen-bond donors (Lipinski definition) is 0. The molecule has 0 saturated heterocycles. The highest BCUT2D eigenvalue weighted by molar-refractivity contribution is 4.51. The molecule has 2 unspecified atom stereocenters. The molecule has 14 heavy (non-hydrogen) atoms. The van der Waals surface area contributed by atoms with Gasteiger partial charge in [0.25, 0.3) is 0 Å². The van der Waals surface area contributed by atoms with Gasteiger partial charge in [0.2, 0.25) is 0 Å². The topological polar surface area (TPSA) is 18.5 Å². The van der Waals surface area contributed by atoms with Crippen molar-refractivity contribution in [2.75, 3.05) is 19.8 Å². The van der Waals surface area contributed by atoms with Crippen LogP contribution in [0, 0.1) is 5.92 Å². The second-order valence-corrected chi connectivity index (χ2v) is 4.09. The standard InChI is InChI=1S/C12H26O2/c1-5-7-8-13-10-12(4)14-9-11(3)6-2/h11-12H,5-10H2,1-4H3. The van der Waals surface area contributed by atoms with E-state index < -0.39 is 0 Å². The maximum absolute atomic E-state index is 5.65. The second-order valence-electron chi connectivity index (χ2n) is 4.09. The Hall–Kier alpha value is -0.0800. The number of hydrogen-bond acceptors (Lipinski definition) is 2. The first-order valence-electron chi connectivity index (χ1n) is 5.90. The lowest BCUT2D eigenvalue weighted by Gasteiger charge is -2.16. The van der Waals surface area contributed by atoms with Crippen LogP contribution in [0.5, 0.6) is 0 Å². The molecule has 2 heteroatoms. The van der Waals surface area contributed by atoms with E-state index in [0.717, 1.165) is 26.2 Å². The summed E-state index contributed by atoms with van der Waals surface area (Å²) in [6.45, 7) is 11.1. The van der Waals surface area contributed by atoms with E-state index in [1.165, 1.54) is 12.8 Å². The predicted octanol–water partition coefficient (Wildman–Crippen LogP) is 3.25. The molecule has 0 aliphatic carbocycles. The highest BCUT2D eigenvalue weighted by atomic mass is 16.5. The van der Waals surface area contributed by atoms with Crippen LogP contribution in [-0.4, -0.2) is 25.9 Å². The van der Waals surface area contributed by atoms with Crippen LogP contribution in [0.15, 0.2) is 0 Å². The van der Waals surface area contributed by atoms with Gasteiger partial charge in [-0.25, -0.2) is 0 Å². The molecule has 0 aliphatic rings. The SMILES string of the molecule is CCCCOCC(C)OCC(C)CC. The Morgan fingerprint density at radius 1 is 1.07 bits per heavy atom. The van der Waals surface area contributed by atoms with Gasteiger partial charge in [-0.3, -0.25) is 0 Å². The van der Waals surface area contributed by atoms with Crippen molar-refractivity contribution in [1.82, 2.24) is 0 Å². The fourth-order valence-corrected chi connectivity index (χ4v) is 0.990. The zero-order valence-electron chi connectivity index (χ0n) is 10.2. The summed E-state index contributed by atoms with van der Waals surface area (Å²) in [7, 11) is 0. The number of rotatable bonds is 9. The van der Waals surface area contributed by atoms with Crippen LogP contribution < -0.4 is 0 Å². The average molecular weight is 202 g/mol. The molecule has 0 amide bonds. The van der Waals surface area contributed by atoms with Gasteiger partial charge in [0.05, 0.1) is 12.7 Å². The minimum absolute atomic E-state index is 0.237. The molecular formula is C12H26O2. The first kappa shape index (κ1) is 13.9. The van der Waals surface area contributed by atoms with Crippen LogP contribution in [0.1, 0.15) is 47.0 Å². The summed E-state index contributed by atoms with van der Waals surface area (Å²) >= 11 is 0. The Labute approximate surface area is 89.0 Å². The summed E-state index contributed by atoms with van der Waals surface area (Å²) in [6, 6.07) is 0. The molecule has 0 fully saturated rings. The lowest BCUT2D eigenvalue weighted by atomic mass is 10.1. The Morgan fingerprint density at radius 2 is 1.79 bits per heavy atom. The van der Waals surface area contributed by atoms with Gasteiger partial charge in [-0.05, 0) is 19.3 Å². The Morgan fingerprint density at radius 3 is 2.36 bits per heavy atom. The zero-order chi connectivity index (χ0) is 10.8. The maximum atomic E-state index is 5.65. The number of unbranched alkanes of at least 4 members (excludes halogenated alkanes) is 1. The molecule has 0 rings (SSSR count). The first-order valence-corrected chi connectivity index (χ1v) is 5.90. The lowest BCUT2D eigenvalue weighted by molar-refractivity contribution is -0.0187. The summed E-state index contributed by atoms with van der Waals surface area (Å²) in [4.78, 5) is 0. The molecule has 0 heterocycles. The van der Waals surface area contributed by atoms with Crippen LogP contribution in [0.4, 0.5) is 0 Å². The summed E-state index contributed by atoms with van der Waals surface area (Å²) < 4.78 is 11.1. The summed E-state index contributed by atoms with van der Waals surface area (Å²) in [5.74, 6) is 0.660. The quantitative estimate of drug-likeness (QED) is 0.534. The molecule has 0 radical (unpaired) electrons. The zero-order valence-corrected chi connectivity index (χ0v) is 10.2. The third-order valence-corrected chi connectivity index (χ3v) is 2.36. The fourth-order valence-electron chi connectivity index (χ4n) is 0.990. The third-order valence-electron chi connectivity index (χ3n) is 2.36. The molecule has 0 aromatic rings. The van der Waals surface area contributed by atoms with E-state index >= 15 is 0 Å². The van der Waals surface area contributed by atoms with E-state index in [2.05, 4.69) is 27.7 Å². The van der Waals surface area contributed by atoms with Crippen molar-refractivity contribution in [3.05, 3.63) is 0 Å². The monoisotopic (exact) mass is 202 g/mol. The second kappa shape index (κ2) is 9.47. The minimum Gasteiger partial charge on any atom is -0.379 e. The maximum Gasteiger partial charge on any atom is 0.0780 e. The van der Waals surface area contributed by atoms with Gasteiger partial charge in [0, 0.05) is 13.2 Å². The Bertz CT molecular complexity index is 115. The Kier molecular flexibility index (Phi) is 9.42. The van der Waals surface area contributed by atoms with E-state index in [9.17, 15) is 0 Å². The van der Waals surface area contributed by atoms with Gasteiger partial charge in [0.1, 0.15) is 0 Å². The summed E-state index contributed by atoms with van der Waals surface area (Å²) in [6.07, 6.45) is 3.77. The van der Waals surface area contributed by atoms with Crippen LogP contribution in [-0.2, 0) is 9.47 Å². The van der Waals surface area contributed by atoms with Crippen molar-refractivity contribution < 1.29 is 9.47 Å². The molecule has 2 atom stereocenters. The first-order chi connectivity index (χ1) is 6.70. The van der Waals surface area contributed by atoms with Crippen molar-refractivity contribution in [1.29, 1.82) is 0 Å². The van der Waals surface area contributed by atoms with Crippen LogP contribution in [0.25, 0.3) is 0 Å². The van der Waals surface area contributed by atoms with Crippen molar-refractivity contribution in [2.45, 2.75) is 53.1 Å². The smallest absolute Gasteiger partial charge is 0.0780 e. The summed E-state index contributed by atoms with van der Waals surface area (Å²) in [5, 5.41) is 0. The van der Waals surface area contributed by atoms with Gasteiger partial charge in [-0.15, -0.1) is 0 Å². The number of ether oxygens (including phenoxy) is 2. The molecule has 86 valence electrons. The minimum atomic E-state index is 0.237. The molecule has 0 N–H and O–H groups in total. The van der Waals surface area contributed by atoms with E-state index in [1.807, 2.05) is 0 Å². The molecule has 0 saturated carbocycles. The van der Waals surface area contributed by atoms with E-state index in [4.69, 9.17) is 9.47 Å². The molecule has 0 aliphatic heterocycles. The molecule has 0 aromatic carbocycles. The molecular weight excluding hydrogens is 176 g/mol. The normalized spacial score (nSPS) is 15.4. The van der Waals surface area contributed by atoms with Crippen LogP contribution in [0.2, 0.25) is 0 Å². The van der Waals surface area contributed by atoms with Crippen molar-refractivity contribution in [2.24, 2.45) is 5.92 Å². The Balaban J connectivity index is 3.23. The van der Waals surface area contributed by atoms with Gasteiger partial charge < -0.3 is 9.47 Å². The largest absolute Gasteiger partial charge is 0.379 e.